The van der Waals surface area contributed by atoms with Gasteiger partial charge in [-0.3, -0.25) is 4.79 Å². The Morgan fingerprint density at radius 3 is 2.59 bits per heavy atom. The first kappa shape index (κ1) is 14.0. The standard InChI is InChI=1S/C12H21NO4/c1-2-16-12(15)11(14)13-8-9-17-10-6-4-3-5-7-10/h10H,2-9H2,1H3,(H,13,14). The minimum absolute atomic E-state index is 0.213. The molecular weight excluding hydrogens is 222 g/mol. The van der Waals surface area contributed by atoms with E-state index in [0.717, 1.165) is 12.8 Å². The van der Waals surface area contributed by atoms with Crippen molar-refractivity contribution in [1.82, 2.24) is 5.32 Å². The molecule has 5 nitrogen and oxygen atoms in total. The highest BCUT2D eigenvalue weighted by molar-refractivity contribution is 6.32. The lowest BCUT2D eigenvalue weighted by atomic mass is 9.98. The number of carbonyl (C=O) groups is 2. The summed E-state index contributed by atoms with van der Waals surface area (Å²) in [5, 5.41) is 2.47. The van der Waals surface area contributed by atoms with Gasteiger partial charge < -0.3 is 14.8 Å². The van der Waals surface area contributed by atoms with E-state index < -0.39 is 11.9 Å². The minimum atomic E-state index is -0.829. The van der Waals surface area contributed by atoms with E-state index in [9.17, 15) is 9.59 Å². The summed E-state index contributed by atoms with van der Waals surface area (Å²) in [6.45, 7) is 2.69. The van der Waals surface area contributed by atoms with Gasteiger partial charge in [0.15, 0.2) is 0 Å². The van der Waals surface area contributed by atoms with E-state index in [2.05, 4.69) is 10.1 Å². The Morgan fingerprint density at radius 2 is 1.94 bits per heavy atom. The summed E-state index contributed by atoms with van der Waals surface area (Å²) in [7, 11) is 0. The van der Waals surface area contributed by atoms with E-state index in [1.54, 1.807) is 6.92 Å². The zero-order chi connectivity index (χ0) is 12.5. The third-order valence-corrected chi connectivity index (χ3v) is 2.75. The molecule has 0 heterocycles. The molecule has 0 aromatic heterocycles. The van der Waals surface area contributed by atoms with Gasteiger partial charge in [-0.15, -0.1) is 0 Å². The van der Waals surface area contributed by atoms with Gasteiger partial charge in [0, 0.05) is 6.54 Å². The number of hydrogen-bond acceptors (Lipinski definition) is 4. The van der Waals surface area contributed by atoms with Gasteiger partial charge in [-0.2, -0.15) is 0 Å². The van der Waals surface area contributed by atoms with E-state index >= 15 is 0 Å². The van der Waals surface area contributed by atoms with Crippen LogP contribution < -0.4 is 5.32 Å². The second-order valence-electron chi connectivity index (χ2n) is 4.11. The van der Waals surface area contributed by atoms with Gasteiger partial charge in [0.1, 0.15) is 0 Å². The summed E-state index contributed by atoms with van der Waals surface area (Å²) in [6.07, 6.45) is 6.26. The molecule has 0 atom stereocenters. The summed E-state index contributed by atoms with van der Waals surface area (Å²) in [4.78, 5) is 22.1. The molecule has 17 heavy (non-hydrogen) atoms. The molecule has 0 aromatic carbocycles. The van der Waals surface area contributed by atoms with Crippen LogP contribution in [0.15, 0.2) is 0 Å². The monoisotopic (exact) mass is 243 g/mol. The molecule has 0 aliphatic heterocycles. The Kier molecular flexibility index (Phi) is 6.62. The molecule has 1 saturated carbocycles. The van der Waals surface area contributed by atoms with Gasteiger partial charge in [0.05, 0.1) is 19.3 Å². The Bertz CT molecular complexity index is 249. The maximum Gasteiger partial charge on any atom is 0.396 e. The van der Waals surface area contributed by atoms with Crippen molar-refractivity contribution in [2.24, 2.45) is 0 Å². The molecule has 1 rings (SSSR count). The van der Waals surface area contributed by atoms with Crippen LogP contribution >= 0.6 is 0 Å². The highest BCUT2D eigenvalue weighted by atomic mass is 16.5. The van der Waals surface area contributed by atoms with E-state index in [0.29, 0.717) is 19.3 Å². The first-order valence-electron chi connectivity index (χ1n) is 6.30. The van der Waals surface area contributed by atoms with Crippen LogP contribution in [0.5, 0.6) is 0 Å². The Labute approximate surface area is 102 Å². The van der Waals surface area contributed by atoms with Crippen molar-refractivity contribution >= 4 is 11.9 Å². The maximum absolute atomic E-state index is 11.1. The lowest BCUT2D eigenvalue weighted by Crippen LogP contribution is -2.35. The van der Waals surface area contributed by atoms with Crippen LogP contribution in [0.3, 0.4) is 0 Å². The lowest BCUT2D eigenvalue weighted by Gasteiger charge is -2.21. The van der Waals surface area contributed by atoms with Crippen LogP contribution in [0.25, 0.3) is 0 Å². The van der Waals surface area contributed by atoms with Crippen molar-refractivity contribution in [3.63, 3.8) is 0 Å². The van der Waals surface area contributed by atoms with Crippen LogP contribution in [0.4, 0.5) is 0 Å². The van der Waals surface area contributed by atoms with Crippen LogP contribution in [0, 0.1) is 0 Å². The summed E-state index contributed by atoms with van der Waals surface area (Å²) in [5.74, 6) is -1.52. The molecule has 1 N–H and O–H groups in total. The highest BCUT2D eigenvalue weighted by Crippen LogP contribution is 2.19. The summed E-state index contributed by atoms with van der Waals surface area (Å²) in [5.41, 5.74) is 0. The zero-order valence-electron chi connectivity index (χ0n) is 10.4. The van der Waals surface area contributed by atoms with Gasteiger partial charge in [-0.25, -0.2) is 4.79 Å². The van der Waals surface area contributed by atoms with Crippen molar-refractivity contribution in [3.05, 3.63) is 0 Å². The quantitative estimate of drug-likeness (QED) is 0.445. The number of amides is 1. The van der Waals surface area contributed by atoms with E-state index in [1.807, 2.05) is 0 Å². The fraction of sp³-hybridized carbons (Fsp3) is 0.833. The molecule has 0 bridgehead atoms. The molecule has 1 aliphatic carbocycles. The molecular formula is C12H21NO4. The molecule has 5 heteroatoms. The van der Waals surface area contributed by atoms with Crippen molar-refractivity contribution in [1.29, 1.82) is 0 Å². The largest absolute Gasteiger partial charge is 0.459 e. The van der Waals surface area contributed by atoms with Gasteiger partial charge in [0.2, 0.25) is 0 Å². The van der Waals surface area contributed by atoms with Crippen molar-refractivity contribution in [2.75, 3.05) is 19.8 Å². The average Bonchev–Trinajstić information content (AvgIpc) is 2.36. The summed E-state index contributed by atoms with van der Waals surface area (Å²) < 4.78 is 10.2. The van der Waals surface area contributed by atoms with Gasteiger partial charge in [0.25, 0.3) is 0 Å². The first-order valence-corrected chi connectivity index (χ1v) is 6.30. The number of ether oxygens (including phenoxy) is 2. The maximum atomic E-state index is 11.1. The minimum Gasteiger partial charge on any atom is -0.459 e. The SMILES string of the molecule is CCOC(=O)C(=O)NCCOC1CCCCC1. The number of rotatable bonds is 5. The second-order valence-corrected chi connectivity index (χ2v) is 4.11. The molecule has 0 unspecified atom stereocenters. The molecule has 1 fully saturated rings. The molecule has 0 radical (unpaired) electrons. The number of carbonyl (C=O) groups excluding carboxylic acids is 2. The van der Waals surface area contributed by atoms with Crippen LogP contribution in [-0.2, 0) is 19.1 Å². The topological polar surface area (TPSA) is 64.6 Å². The van der Waals surface area contributed by atoms with Gasteiger partial charge in [-0.1, -0.05) is 19.3 Å². The van der Waals surface area contributed by atoms with Gasteiger partial charge in [-0.05, 0) is 19.8 Å². The molecule has 0 spiro atoms. The van der Waals surface area contributed by atoms with Crippen LogP contribution in [0.1, 0.15) is 39.0 Å². The smallest absolute Gasteiger partial charge is 0.396 e. The predicted octanol–water partition coefficient (Wildman–Crippen LogP) is 1.01. The third kappa shape index (κ3) is 5.68. The summed E-state index contributed by atoms with van der Waals surface area (Å²) >= 11 is 0. The summed E-state index contributed by atoms with van der Waals surface area (Å²) in [6, 6.07) is 0. The van der Waals surface area contributed by atoms with E-state index in [4.69, 9.17) is 4.74 Å². The second kappa shape index (κ2) is 8.06. The fourth-order valence-corrected chi connectivity index (χ4v) is 1.89. The van der Waals surface area contributed by atoms with Crippen LogP contribution in [0.2, 0.25) is 0 Å². The fourth-order valence-electron chi connectivity index (χ4n) is 1.89. The highest BCUT2D eigenvalue weighted by Gasteiger charge is 2.15. The Morgan fingerprint density at radius 1 is 1.24 bits per heavy atom. The van der Waals surface area contributed by atoms with Crippen molar-refractivity contribution in [3.8, 4) is 0 Å². The molecule has 0 aromatic rings. The van der Waals surface area contributed by atoms with E-state index in [1.165, 1.54) is 19.3 Å². The number of hydrogen-bond donors (Lipinski definition) is 1. The predicted molar refractivity (Wildman–Crippen MR) is 62.5 cm³/mol. The molecule has 1 aliphatic rings. The average molecular weight is 243 g/mol. The number of nitrogens with one attached hydrogen (secondary N) is 1. The molecule has 1 amide bonds. The Balaban J connectivity index is 2.03. The van der Waals surface area contributed by atoms with Gasteiger partial charge >= 0.3 is 11.9 Å². The normalized spacial score (nSPS) is 16.5. The van der Waals surface area contributed by atoms with Crippen molar-refractivity contribution in [2.45, 2.75) is 45.1 Å². The first-order chi connectivity index (χ1) is 8.24. The zero-order valence-corrected chi connectivity index (χ0v) is 10.4. The molecule has 0 saturated heterocycles. The lowest BCUT2D eigenvalue weighted by molar-refractivity contribution is -0.154. The third-order valence-electron chi connectivity index (χ3n) is 2.75. The van der Waals surface area contributed by atoms with Crippen molar-refractivity contribution < 1.29 is 19.1 Å². The Hall–Kier alpha value is -1.10. The number of esters is 1. The molecule has 98 valence electrons. The van der Waals surface area contributed by atoms with E-state index in [-0.39, 0.29) is 6.61 Å². The van der Waals surface area contributed by atoms with Crippen LogP contribution in [-0.4, -0.2) is 37.7 Å².